The van der Waals surface area contributed by atoms with E-state index in [1.165, 1.54) is 7.11 Å². The molecule has 1 fully saturated rings. The second-order valence-electron chi connectivity index (χ2n) is 3.62. The monoisotopic (exact) mass is 202 g/mol. The van der Waals surface area contributed by atoms with Crippen LogP contribution in [-0.2, 0) is 9.53 Å². The maximum Gasteiger partial charge on any atom is 0.251 e. The zero-order valence-corrected chi connectivity index (χ0v) is 8.86. The predicted octanol–water partition coefficient (Wildman–Crippen LogP) is -1.19. The van der Waals surface area contributed by atoms with Crippen LogP contribution >= 0.6 is 0 Å². The third-order valence-corrected chi connectivity index (χ3v) is 2.70. The molecule has 0 saturated carbocycles. The maximum atomic E-state index is 11.7. The zero-order chi connectivity index (χ0) is 10.7. The molecule has 1 rings (SSSR count). The number of carbonyl (C=O) groups is 1. The lowest BCUT2D eigenvalue weighted by Crippen LogP contribution is -2.47. The standard InChI is InChI=1S/C9H18N2O3/c1-6(14-3)9(13)11(2)7-4-10-5-8(7)12/h6-8,10,12H,4-5H2,1-3H3/t6?,7-,8-/m0/s1. The first-order chi connectivity index (χ1) is 6.57. The lowest BCUT2D eigenvalue weighted by atomic mass is 10.2. The molecular weight excluding hydrogens is 184 g/mol. The van der Waals surface area contributed by atoms with Gasteiger partial charge in [0.05, 0.1) is 12.1 Å². The molecule has 0 aliphatic carbocycles. The molecule has 5 nitrogen and oxygen atoms in total. The summed E-state index contributed by atoms with van der Waals surface area (Å²) in [5.74, 6) is -0.0970. The molecular formula is C9H18N2O3. The van der Waals surface area contributed by atoms with Gasteiger partial charge in [-0.3, -0.25) is 4.79 Å². The lowest BCUT2D eigenvalue weighted by molar-refractivity contribution is -0.143. The van der Waals surface area contributed by atoms with Gasteiger partial charge in [0.1, 0.15) is 6.10 Å². The van der Waals surface area contributed by atoms with Crippen LogP contribution in [0.15, 0.2) is 0 Å². The fourth-order valence-electron chi connectivity index (χ4n) is 1.60. The van der Waals surface area contributed by atoms with E-state index in [-0.39, 0.29) is 11.9 Å². The lowest BCUT2D eigenvalue weighted by Gasteiger charge is -2.28. The molecule has 0 spiro atoms. The topological polar surface area (TPSA) is 61.8 Å². The average molecular weight is 202 g/mol. The van der Waals surface area contributed by atoms with E-state index in [9.17, 15) is 9.90 Å². The maximum absolute atomic E-state index is 11.7. The second kappa shape index (κ2) is 4.72. The molecule has 0 aromatic heterocycles. The number of amides is 1. The number of likely N-dealkylation sites (N-methyl/N-ethyl adjacent to an activating group) is 1. The molecule has 5 heteroatoms. The predicted molar refractivity (Wildman–Crippen MR) is 51.9 cm³/mol. The molecule has 0 aromatic rings. The number of rotatable bonds is 3. The molecule has 1 amide bonds. The van der Waals surface area contributed by atoms with Crippen LogP contribution in [0.25, 0.3) is 0 Å². The van der Waals surface area contributed by atoms with Crippen LogP contribution in [0.2, 0.25) is 0 Å². The number of carbonyl (C=O) groups excluding carboxylic acids is 1. The molecule has 0 aromatic carbocycles. The normalized spacial score (nSPS) is 28.9. The summed E-state index contributed by atoms with van der Waals surface area (Å²) >= 11 is 0. The van der Waals surface area contributed by atoms with Gasteiger partial charge >= 0.3 is 0 Å². The Morgan fingerprint density at radius 2 is 2.29 bits per heavy atom. The second-order valence-corrected chi connectivity index (χ2v) is 3.62. The van der Waals surface area contributed by atoms with E-state index < -0.39 is 12.2 Å². The largest absolute Gasteiger partial charge is 0.390 e. The minimum Gasteiger partial charge on any atom is -0.390 e. The molecule has 0 radical (unpaired) electrons. The third-order valence-electron chi connectivity index (χ3n) is 2.70. The Morgan fingerprint density at radius 1 is 1.64 bits per heavy atom. The van der Waals surface area contributed by atoms with E-state index in [1.807, 2.05) is 0 Å². The molecule has 14 heavy (non-hydrogen) atoms. The Bertz CT molecular complexity index is 210. The number of nitrogens with zero attached hydrogens (tertiary/aromatic N) is 1. The number of β-amino-alcohol motifs (C(OH)–C–C–N with tert-alkyl or cyclic N) is 1. The highest BCUT2D eigenvalue weighted by Gasteiger charge is 2.32. The van der Waals surface area contributed by atoms with Gasteiger partial charge in [-0.2, -0.15) is 0 Å². The summed E-state index contributed by atoms with van der Waals surface area (Å²) in [4.78, 5) is 13.2. The number of hydrogen-bond donors (Lipinski definition) is 2. The first-order valence-electron chi connectivity index (χ1n) is 4.76. The molecule has 1 unspecified atom stereocenters. The highest BCUT2D eigenvalue weighted by molar-refractivity contribution is 5.80. The number of aliphatic hydroxyl groups is 1. The first kappa shape index (κ1) is 11.4. The van der Waals surface area contributed by atoms with Gasteiger partial charge in [0.15, 0.2) is 0 Å². The van der Waals surface area contributed by atoms with E-state index in [0.717, 1.165) is 0 Å². The van der Waals surface area contributed by atoms with Gasteiger partial charge in [-0.1, -0.05) is 0 Å². The minimum atomic E-state index is -0.479. The summed E-state index contributed by atoms with van der Waals surface area (Å²) < 4.78 is 4.93. The zero-order valence-electron chi connectivity index (χ0n) is 8.86. The summed E-state index contributed by atoms with van der Waals surface area (Å²) in [7, 11) is 3.19. The smallest absolute Gasteiger partial charge is 0.251 e. The van der Waals surface area contributed by atoms with Gasteiger partial charge in [-0.05, 0) is 6.92 Å². The van der Waals surface area contributed by atoms with E-state index in [0.29, 0.717) is 13.1 Å². The van der Waals surface area contributed by atoms with Crippen molar-refractivity contribution in [2.45, 2.75) is 25.2 Å². The number of methoxy groups -OCH3 is 1. The Hall–Kier alpha value is -0.650. The van der Waals surface area contributed by atoms with Crippen molar-refractivity contribution in [1.29, 1.82) is 0 Å². The number of aliphatic hydroxyl groups excluding tert-OH is 1. The summed E-state index contributed by atoms with van der Waals surface area (Å²) in [6.45, 7) is 2.89. The highest BCUT2D eigenvalue weighted by atomic mass is 16.5. The van der Waals surface area contributed by atoms with Gasteiger partial charge in [0.25, 0.3) is 5.91 Å². The Labute approximate surface area is 84.0 Å². The summed E-state index contributed by atoms with van der Waals surface area (Å²) in [5.41, 5.74) is 0. The molecule has 82 valence electrons. The van der Waals surface area contributed by atoms with Crippen molar-refractivity contribution in [3.05, 3.63) is 0 Å². The molecule has 1 saturated heterocycles. The molecule has 1 heterocycles. The van der Waals surface area contributed by atoms with Gasteiger partial charge in [0.2, 0.25) is 0 Å². The number of nitrogens with one attached hydrogen (secondary N) is 1. The summed E-state index contributed by atoms with van der Waals surface area (Å²) in [5, 5.41) is 12.6. The molecule has 0 bridgehead atoms. The van der Waals surface area contributed by atoms with Crippen molar-refractivity contribution >= 4 is 5.91 Å². The van der Waals surface area contributed by atoms with E-state index in [2.05, 4.69) is 5.32 Å². The van der Waals surface area contributed by atoms with Crippen LogP contribution in [0.1, 0.15) is 6.92 Å². The Balaban J connectivity index is 2.55. The van der Waals surface area contributed by atoms with Crippen LogP contribution < -0.4 is 5.32 Å². The van der Waals surface area contributed by atoms with Crippen LogP contribution in [0.5, 0.6) is 0 Å². The quantitative estimate of drug-likeness (QED) is 0.604. The summed E-state index contributed by atoms with van der Waals surface area (Å²) in [6.07, 6.45) is -0.930. The molecule has 1 aliphatic rings. The van der Waals surface area contributed by atoms with E-state index in [4.69, 9.17) is 4.74 Å². The van der Waals surface area contributed by atoms with Crippen molar-refractivity contribution in [2.75, 3.05) is 27.2 Å². The van der Waals surface area contributed by atoms with Crippen LogP contribution in [-0.4, -0.2) is 61.4 Å². The van der Waals surface area contributed by atoms with Crippen LogP contribution in [0, 0.1) is 0 Å². The van der Waals surface area contributed by atoms with Crippen LogP contribution in [0.4, 0.5) is 0 Å². The van der Waals surface area contributed by atoms with E-state index >= 15 is 0 Å². The fourth-order valence-corrected chi connectivity index (χ4v) is 1.60. The molecule has 1 aliphatic heterocycles. The Morgan fingerprint density at radius 3 is 2.71 bits per heavy atom. The van der Waals surface area contributed by atoms with Gasteiger partial charge < -0.3 is 20.1 Å². The average Bonchev–Trinajstić information content (AvgIpc) is 2.61. The molecule has 2 N–H and O–H groups in total. The van der Waals surface area contributed by atoms with Crippen molar-refractivity contribution in [3.8, 4) is 0 Å². The van der Waals surface area contributed by atoms with Crippen molar-refractivity contribution in [3.63, 3.8) is 0 Å². The van der Waals surface area contributed by atoms with Crippen molar-refractivity contribution in [2.24, 2.45) is 0 Å². The fraction of sp³-hybridized carbons (Fsp3) is 0.889. The first-order valence-corrected chi connectivity index (χ1v) is 4.76. The number of ether oxygens (including phenoxy) is 1. The van der Waals surface area contributed by atoms with Gasteiger partial charge in [-0.15, -0.1) is 0 Å². The van der Waals surface area contributed by atoms with Gasteiger partial charge in [-0.25, -0.2) is 0 Å². The third kappa shape index (κ3) is 2.23. The molecule has 3 atom stereocenters. The highest BCUT2D eigenvalue weighted by Crippen LogP contribution is 2.09. The van der Waals surface area contributed by atoms with E-state index in [1.54, 1.807) is 18.9 Å². The van der Waals surface area contributed by atoms with Gasteiger partial charge in [0, 0.05) is 27.2 Å². The van der Waals surface area contributed by atoms with Crippen molar-refractivity contribution < 1.29 is 14.6 Å². The Kier molecular flexibility index (Phi) is 3.86. The summed E-state index contributed by atoms with van der Waals surface area (Å²) in [6, 6.07) is -0.139. The number of hydrogen-bond acceptors (Lipinski definition) is 4. The minimum absolute atomic E-state index is 0.0970. The van der Waals surface area contributed by atoms with Crippen molar-refractivity contribution in [1.82, 2.24) is 10.2 Å². The SMILES string of the molecule is COC(C)C(=O)N(C)[C@H]1CNC[C@@H]1O. The van der Waals surface area contributed by atoms with Crippen LogP contribution in [0.3, 0.4) is 0 Å².